The van der Waals surface area contributed by atoms with E-state index in [1.807, 2.05) is 36.6 Å². The molecule has 0 saturated carbocycles. The number of methoxy groups -OCH3 is 1. The number of nitrogens with one attached hydrogen (secondary N) is 2. The van der Waals surface area contributed by atoms with E-state index >= 15 is 0 Å². The van der Waals surface area contributed by atoms with Gasteiger partial charge < -0.3 is 20.3 Å². The summed E-state index contributed by atoms with van der Waals surface area (Å²) in [5.74, 6) is -0.486. The molecule has 3 atom stereocenters. The molecule has 3 amide bonds. The number of rotatable bonds is 11. The highest BCUT2D eigenvalue weighted by Gasteiger charge is 2.38. The minimum Gasteiger partial charge on any atom is -0.467 e. The van der Waals surface area contributed by atoms with Crippen LogP contribution < -0.4 is 10.6 Å². The molecule has 1 aromatic carbocycles. The van der Waals surface area contributed by atoms with Crippen LogP contribution in [0.3, 0.4) is 0 Å². The summed E-state index contributed by atoms with van der Waals surface area (Å²) in [6, 6.07) is 7.15. The first-order valence-corrected chi connectivity index (χ1v) is 11.3. The molecule has 1 saturated heterocycles. The maximum atomic E-state index is 13.0. The van der Waals surface area contributed by atoms with Crippen molar-refractivity contribution in [1.29, 1.82) is 0 Å². The molecular weight excluding hydrogens is 406 g/mol. The van der Waals surface area contributed by atoms with Gasteiger partial charge in [0, 0.05) is 13.0 Å². The van der Waals surface area contributed by atoms with E-state index in [0.717, 1.165) is 5.56 Å². The number of ether oxygens (including phenoxy) is 1. The van der Waals surface area contributed by atoms with Crippen LogP contribution in [0.2, 0.25) is 0 Å². The molecule has 0 aliphatic carbocycles. The quantitative estimate of drug-likeness (QED) is 0.393. The number of carbonyl (C=O) groups excluding carboxylic acids is 4. The summed E-state index contributed by atoms with van der Waals surface area (Å²) in [5.41, 5.74) is 0.889. The number of hydrogen-bond acceptors (Lipinski definition) is 6. The van der Waals surface area contributed by atoms with Gasteiger partial charge in [0.25, 0.3) is 0 Å². The highest BCUT2D eigenvalue weighted by atomic mass is 32.2. The molecule has 1 aliphatic rings. The fraction of sp³-hybridized carbons (Fsp3) is 0.524. The predicted octanol–water partition coefficient (Wildman–Crippen LogP) is 0.746. The fourth-order valence-corrected chi connectivity index (χ4v) is 4.02. The molecular formula is C21H29N3O5S. The molecule has 2 N–H and O–H groups in total. The Morgan fingerprint density at radius 3 is 2.63 bits per heavy atom. The summed E-state index contributed by atoms with van der Waals surface area (Å²) in [5, 5.41) is 5.32. The van der Waals surface area contributed by atoms with Crippen LogP contribution in [-0.4, -0.2) is 72.9 Å². The summed E-state index contributed by atoms with van der Waals surface area (Å²) in [4.78, 5) is 50.6. The number of likely N-dealkylation sites (tertiary alicyclic amines) is 1. The monoisotopic (exact) mass is 435 g/mol. The van der Waals surface area contributed by atoms with Gasteiger partial charge in [0.2, 0.25) is 18.2 Å². The standard InChI is InChI=1S/C21H29N3O5S/c1-29-21(28)17(13-15-7-4-3-5-8-15)23-19(26)18-9-6-11-24(18)20(27)16(22-14-25)10-12-30-2/h3-5,7-8,14,16-18H,6,9-13H2,1-2H3,(H,22,25)(H,23,26). The van der Waals surface area contributed by atoms with E-state index < -0.39 is 24.1 Å². The summed E-state index contributed by atoms with van der Waals surface area (Å²) < 4.78 is 4.85. The molecule has 0 spiro atoms. The van der Waals surface area contributed by atoms with E-state index in [2.05, 4.69) is 10.6 Å². The third-order valence-electron chi connectivity index (χ3n) is 5.10. The Morgan fingerprint density at radius 1 is 1.27 bits per heavy atom. The Kier molecular flexibility index (Phi) is 9.66. The molecule has 1 heterocycles. The Balaban J connectivity index is 2.09. The molecule has 1 aliphatic heterocycles. The van der Waals surface area contributed by atoms with E-state index in [-0.39, 0.29) is 11.8 Å². The van der Waals surface area contributed by atoms with Gasteiger partial charge in [-0.15, -0.1) is 0 Å². The molecule has 1 fully saturated rings. The van der Waals surface area contributed by atoms with Crippen molar-refractivity contribution >= 4 is 36.0 Å². The van der Waals surface area contributed by atoms with Crippen LogP contribution in [-0.2, 0) is 30.3 Å². The van der Waals surface area contributed by atoms with Gasteiger partial charge in [0.15, 0.2) is 0 Å². The Morgan fingerprint density at radius 2 is 2.00 bits per heavy atom. The van der Waals surface area contributed by atoms with Gasteiger partial charge in [-0.1, -0.05) is 30.3 Å². The van der Waals surface area contributed by atoms with Crippen molar-refractivity contribution in [2.45, 2.75) is 43.8 Å². The van der Waals surface area contributed by atoms with Gasteiger partial charge in [-0.25, -0.2) is 4.79 Å². The second-order valence-electron chi connectivity index (χ2n) is 7.08. The van der Waals surface area contributed by atoms with Gasteiger partial charge in [0.05, 0.1) is 7.11 Å². The van der Waals surface area contributed by atoms with Crippen LogP contribution >= 0.6 is 11.8 Å². The van der Waals surface area contributed by atoms with E-state index in [1.54, 1.807) is 11.8 Å². The maximum absolute atomic E-state index is 13.0. The first kappa shape index (κ1) is 23.7. The number of carbonyl (C=O) groups is 4. The van der Waals surface area contributed by atoms with Crippen molar-refractivity contribution in [1.82, 2.24) is 15.5 Å². The van der Waals surface area contributed by atoms with Gasteiger partial charge in [-0.3, -0.25) is 14.4 Å². The van der Waals surface area contributed by atoms with Crippen LogP contribution in [0.5, 0.6) is 0 Å². The molecule has 8 nitrogen and oxygen atoms in total. The topological polar surface area (TPSA) is 105 Å². The van der Waals surface area contributed by atoms with Crippen LogP contribution in [0.4, 0.5) is 0 Å². The summed E-state index contributed by atoms with van der Waals surface area (Å²) in [7, 11) is 1.28. The van der Waals surface area contributed by atoms with Gasteiger partial charge in [0.1, 0.15) is 18.1 Å². The van der Waals surface area contributed by atoms with Crippen molar-refractivity contribution < 1.29 is 23.9 Å². The zero-order valence-corrected chi connectivity index (χ0v) is 18.2. The number of hydrogen-bond donors (Lipinski definition) is 2. The summed E-state index contributed by atoms with van der Waals surface area (Å²) in [6.45, 7) is 0.439. The van der Waals surface area contributed by atoms with Crippen molar-refractivity contribution in [2.75, 3.05) is 25.7 Å². The first-order chi connectivity index (χ1) is 14.5. The summed E-state index contributed by atoms with van der Waals surface area (Å²) >= 11 is 1.58. The normalized spacial score (nSPS) is 17.7. The molecule has 0 aromatic heterocycles. The lowest BCUT2D eigenvalue weighted by Gasteiger charge is -2.29. The minimum atomic E-state index is -0.845. The molecule has 2 rings (SSSR count). The number of benzene rings is 1. The van der Waals surface area contributed by atoms with Crippen molar-refractivity contribution in [2.24, 2.45) is 0 Å². The van der Waals surface area contributed by atoms with Crippen LogP contribution in [0.1, 0.15) is 24.8 Å². The van der Waals surface area contributed by atoms with E-state index in [0.29, 0.717) is 44.4 Å². The average molecular weight is 436 g/mol. The minimum absolute atomic E-state index is 0.272. The third-order valence-corrected chi connectivity index (χ3v) is 5.75. The van der Waals surface area contributed by atoms with E-state index in [4.69, 9.17) is 4.74 Å². The van der Waals surface area contributed by atoms with Gasteiger partial charge >= 0.3 is 5.97 Å². The highest BCUT2D eigenvalue weighted by molar-refractivity contribution is 7.98. The van der Waals surface area contributed by atoms with Crippen LogP contribution in [0, 0.1) is 0 Å². The van der Waals surface area contributed by atoms with Gasteiger partial charge in [-0.2, -0.15) is 11.8 Å². The van der Waals surface area contributed by atoms with E-state index in [9.17, 15) is 19.2 Å². The van der Waals surface area contributed by atoms with Crippen LogP contribution in [0.25, 0.3) is 0 Å². The molecule has 0 bridgehead atoms. The zero-order chi connectivity index (χ0) is 21.9. The van der Waals surface area contributed by atoms with Crippen molar-refractivity contribution in [3.8, 4) is 0 Å². The number of thioether (sulfide) groups is 1. The lowest BCUT2D eigenvalue weighted by molar-refractivity contribution is -0.146. The predicted molar refractivity (Wildman–Crippen MR) is 115 cm³/mol. The molecule has 3 unspecified atom stereocenters. The zero-order valence-electron chi connectivity index (χ0n) is 17.3. The Labute approximate surface area is 181 Å². The molecule has 164 valence electrons. The summed E-state index contributed by atoms with van der Waals surface area (Å²) in [6.07, 6.45) is 4.41. The molecule has 0 radical (unpaired) electrons. The molecule has 1 aromatic rings. The van der Waals surface area contributed by atoms with Crippen molar-refractivity contribution in [3.63, 3.8) is 0 Å². The smallest absolute Gasteiger partial charge is 0.328 e. The van der Waals surface area contributed by atoms with Gasteiger partial charge in [-0.05, 0) is 36.8 Å². The van der Waals surface area contributed by atoms with Crippen LogP contribution in [0.15, 0.2) is 30.3 Å². The number of esters is 1. The average Bonchev–Trinajstić information content (AvgIpc) is 3.26. The second-order valence-corrected chi connectivity index (χ2v) is 8.07. The fourth-order valence-electron chi connectivity index (χ4n) is 3.55. The Bertz CT molecular complexity index is 731. The van der Waals surface area contributed by atoms with Crippen molar-refractivity contribution in [3.05, 3.63) is 35.9 Å². The maximum Gasteiger partial charge on any atom is 0.328 e. The SMILES string of the molecule is COC(=O)C(Cc1ccccc1)NC(=O)C1CCCN1C(=O)C(CCSC)NC=O. The Hall–Kier alpha value is -2.55. The largest absolute Gasteiger partial charge is 0.467 e. The molecule has 30 heavy (non-hydrogen) atoms. The lowest BCUT2D eigenvalue weighted by Crippen LogP contribution is -2.55. The lowest BCUT2D eigenvalue weighted by atomic mass is 10.0. The molecule has 9 heteroatoms. The number of nitrogens with zero attached hydrogens (tertiary/aromatic N) is 1. The first-order valence-electron chi connectivity index (χ1n) is 9.93. The second kappa shape index (κ2) is 12.2. The van der Waals surface area contributed by atoms with E-state index in [1.165, 1.54) is 12.0 Å². The highest BCUT2D eigenvalue weighted by Crippen LogP contribution is 2.20. The number of amides is 3. The third kappa shape index (κ3) is 6.48.